The smallest absolute Gasteiger partial charge is 0.243 e. The van der Waals surface area contributed by atoms with E-state index >= 15 is 0 Å². The number of carbonyl (C=O) groups is 1. The van der Waals surface area contributed by atoms with Crippen LogP contribution in [0.4, 0.5) is 0 Å². The second-order valence-electron chi connectivity index (χ2n) is 8.93. The molecule has 5 rings (SSSR count). The quantitative estimate of drug-likeness (QED) is 0.512. The van der Waals surface area contributed by atoms with Gasteiger partial charge in [0.05, 0.1) is 4.90 Å². The summed E-state index contributed by atoms with van der Waals surface area (Å²) in [7, 11) is -3.74. The van der Waals surface area contributed by atoms with Crippen LogP contribution >= 0.6 is 0 Å². The van der Waals surface area contributed by atoms with Crippen molar-refractivity contribution in [3.8, 4) is 22.9 Å². The maximum absolute atomic E-state index is 13.5. The molecule has 2 aliphatic heterocycles. The minimum Gasteiger partial charge on any atom is -0.454 e. The molecule has 0 unspecified atom stereocenters. The van der Waals surface area contributed by atoms with E-state index in [0.717, 1.165) is 5.56 Å². The molecule has 3 aromatic rings. The minimum absolute atomic E-state index is 0.0771. The molecule has 2 aromatic carbocycles. The number of aryl methyl sites for hydroxylation is 2. The van der Waals surface area contributed by atoms with Crippen LogP contribution in [0.5, 0.6) is 11.5 Å². The second-order valence-corrected chi connectivity index (χ2v) is 10.8. The number of hydrogen-bond acceptors (Lipinski definition) is 8. The van der Waals surface area contributed by atoms with Gasteiger partial charge in [-0.1, -0.05) is 30.3 Å². The van der Waals surface area contributed by atoms with Gasteiger partial charge in [0.15, 0.2) is 11.5 Å². The Bertz CT molecular complexity index is 1380. The molecule has 11 heteroatoms. The standard InChI is InChI=1S/C25H28N4O6S/c1-3-23-27-24(28-35-23)19-6-4-16(2)22(13-19)36(31,32)29-10-8-18(9-11-29)25(30)26-14-17-5-7-20-21(12-17)34-15-33-20/h4-7,12-13,18H,3,8-11,14-15H2,1-2H3,(H,26,30). The van der Waals surface area contributed by atoms with Crippen molar-refractivity contribution in [1.29, 1.82) is 0 Å². The summed E-state index contributed by atoms with van der Waals surface area (Å²) >= 11 is 0. The number of carbonyl (C=O) groups excluding carboxylic acids is 1. The minimum atomic E-state index is -3.74. The highest BCUT2D eigenvalue weighted by Gasteiger charge is 2.33. The number of hydrogen-bond donors (Lipinski definition) is 1. The van der Waals surface area contributed by atoms with Crippen molar-refractivity contribution in [3.05, 3.63) is 53.4 Å². The first-order valence-corrected chi connectivity index (χ1v) is 13.4. The molecule has 10 nitrogen and oxygen atoms in total. The highest BCUT2D eigenvalue weighted by molar-refractivity contribution is 7.89. The Morgan fingerprint density at radius 1 is 1.11 bits per heavy atom. The number of rotatable bonds is 7. The van der Waals surface area contributed by atoms with E-state index in [-0.39, 0.29) is 36.6 Å². The summed E-state index contributed by atoms with van der Waals surface area (Å²) in [6, 6.07) is 10.7. The van der Waals surface area contributed by atoms with Crippen molar-refractivity contribution in [1.82, 2.24) is 19.8 Å². The highest BCUT2D eigenvalue weighted by Crippen LogP contribution is 2.33. The van der Waals surface area contributed by atoms with E-state index in [1.807, 2.05) is 25.1 Å². The number of sulfonamides is 1. The first kappa shape index (κ1) is 24.3. The molecule has 36 heavy (non-hydrogen) atoms. The fourth-order valence-corrected chi connectivity index (χ4v) is 6.14. The Hall–Kier alpha value is -3.44. The Morgan fingerprint density at radius 3 is 2.64 bits per heavy atom. The van der Waals surface area contributed by atoms with E-state index in [2.05, 4.69) is 15.5 Å². The third-order valence-corrected chi connectivity index (χ3v) is 8.60. The molecule has 0 saturated carbocycles. The van der Waals surface area contributed by atoms with Gasteiger partial charge < -0.3 is 19.3 Å². The first-order chi connectivity index (χ1) is 17.3. The number of nitrogens with zero attached hydrogens (tertiary/aromatic N) is 3. The Kier molecular flexibility index (Phi) is 6.67. The van der Waals surface area contributed by atoms with Crippen LogP contribution in [0, 0.1) is 12.8 Å². The monoisotopic (exact) mass is 512 g/mol. The summed E-state index contributed by atoms with van der Waals surface area (Å²) in [5.74, 6) is 1.90. The molecule has 2 aliphatic rings. The highest BCUT2D eigenvalue weighted by atomic mass is 32.2. The Balaban J connectivity index is 1.21. The third kappa shape index (κ3) is 4.80. The fraction of sp³-hybridized carbons (Fsp3) is 0.400. The average Bonchev–Trinajstić information content (AvgIpc) is 3.57. The summed E-state index contributed by atoms with van der Waals surface area (Å²) < 4.78 is 44.3. The molecule has 1 N–H and O–H groups in total. The van der Waals surface area contributed by atoms with Crippen LogP contribution < -0.4 is 14.8 Å². The number of benzene rings is 2. The van der Waals surface area contributed by atoms with E-state index in [1.54, 1.807) is 25.1 Å². The van der Waals surface area contributed by atoms with E-state index in [0.29, 0.717) is 60.1 Å². The van der Waals surface area contributed by atoms with Gasteiger partial charge in [-0.3, -0.25) is 4.79 Å². The molecule has 1 fully saturated rings. The van der Waals surface area contributed by atoms with Crippen molar-refractivity contribution >= 4 is 15.9 Å². The maximum atomic E-state index is 13.5. The lowest BCUT2D eigenvalue weighted by molar-refractivity contribution is -0.126. The van der Waals surface area contributed by atoms with Gasteiger partial charge in [-0.25, -0.2) is 8.42 Å². The lowest BCUT2D eigenvalue weighted by atomic mass is 9.97. The van der Waals surface area contributed by atoms with Crippen LogP contribution in [0.3, 0.4) is 0 Å². The van der Waals surface area contributed by atoms with Gasteiger partial charge in [-0.2, -0.15) is 9.29 Å². The molecular weight excluding hydrogens is 484 g/mol. The van der Waals surface area contributed by atoms with Gasteiger partial charge in [0.2, 0.25) is 34.4 Å². The summed E-state index contributed by atoms with van der Waals surface area (Å²) in [4.78, 5) is 17.3. The molecule has 1 saturated heterocycles. The van der Waals surface area contributed by atoms with Gasteiger partial charge in [-0.15, -0.1) is 0 Å². The van der Waals surface area contributed by atoms with Crippen molar-refractivity contribution in [2.45, 2.75) is 44.6 Å². The number of amides is 1. The zero-order valence-electron chi connectivity index (χ0n) is 20.2. The number of fused-ring (bicyclic) bond motifs is 1. The predicted octanol–water partition coefficient (Wildman–Crippen LogP) is 3.05. The molecule has 0 spiro atoms. The van der Waals surface area contributed by atoms with Crippen LogP contribution in [0.1, 0.15) is 36.8 Å². The fourth-order valence-electron chi connectivity index (χ4n) is 4.41. The maximum Gasteiger partial charge on any atom is 0.243 e. The van der Waals surface area contributed by atoms with Crippen molar-refractivity contribution in [2.75, 3.05) is 19.9 Å². The lowest BCUT2D eigenvalue weighted by Crippen LogP contribution is -2.43. The second kappa shape index (κ2) is 9.90. The Labute approximate surface area is 209 Å². The molecule has 0 radical (unpaired) electrons. The van der Waals surface area contributed by atoms with E-state index < -0.39 is 10.0 Å². The summed E-state index contributed by atoms with van der Waals surface area (Å²) in [6.07, 6.45) is 1.51. The van der Waals surface area contributed by atoms with Gasteiger partial charge >= 0.3 is 0 Å². The molecule has 190 valence electrons. The number of nitrogens with one attached hydrogen (secondary N) is 1. The summed E-state index contributed by atoms with van der Waals surface area (Å²) in [5.41, 5.74) is 2.14. The SMILES string of the molecule is CCc1nc(-c2ccc(C)c(S(=O)(=O)N3CCC(C(=O)NCc4ccc5c(c4)OCO5)CC3)c2)no1. The summed E-state index contributed by atoms with van der Waals surface area (Å²) in [6.45, 7) is 4.79. The molecule has 3 heterocycles. The van der Waals surface area contributed by atoms with Crippen LogP contribution in [-0.2, 0) is 27.8 Å². The van der Waals surface area contributed by atoms with Gasteiger partial charge in [0.25, 0.3) is 0 Å². The molecule has 0 atom stereocenters. The van der Waals surface area contributed by atoms with Gasteiger partial charge in [-0.05, 0) is 49.1 Å². The normalized spacial score (nSPS) is 16.3. The lowest BCUT2D eigenvalue weighted by Gasteiger charge is -2.31. The third-order valence-electron chi connectivity index (χ3n) is 6.56. The van der Waals surface area contributed by atoms with Crippen LogP contribution in [-0.4, -0.2) is 48.7 Å². The predicted molar refractivity (Wildman–Crippen MR) is 130 cm³/mol. The molecular formula is C25H28N4O6S. The van der Waals surface area contributed by atoms with Crippen LogP contribution in [0.25, 0.3) is 11.4 Å². The molecule has 0 aliphatic carbocycles. The number of piperidine rings is 1. The number of aromatic nitrogens is 2. The molecule has 1 aromatic heterocycles. The average molecular weight is 513 g/mol. The van der Waals surface area contributed by atoms with E-state index in [9.17, 15) is 13.2 Å². The molecule has 1 amide bonds. The topological polar surface area (TPSA) is 124 Å². The zero-order chi connectivity index (χ0) is 25.3. The first-order valence-electron chi connectivity index (χ1n) is 11.9. The van der Waals surface area contributed by atoms with Crippen molar-refractivity contribution in [3.63, 3.8) is 0 Å². The van der Waals surface area contributed by atoms with Gasteiger partial charge in [0, 0.05) is 37.5 Å². The van der Waals surface area contributed by atoms with Crippen LogP contribution in [0.2, 0.25) is 0 Å². The number of ether oxygens (including phenoxy) is 2. The zero-order valence-corrected chi connectivity index (χ0v) is 21.0. The van der Waals surface area contributed by atoms with Gasteiger partial charge in [0.1, 0.15) is 0 Å². The van der Waals surface area contributed by atoms with E-state index in [1.165, 1.54) is 4.31 Å². The molecule has 0 bridgehead atoms. The van der Waals surface area contributed by atoms with Crippen molar-refractivity contribution < 1.29 is 27.2 Å². The van der Waals surface area contributed by atoms with E-state index in [4.69, 9.17) is 14.0 Å². The van der Waals surface area contributed by atoms with Crippen molar-refractivity contribution in [2.24, 2.45) is 5.92 Å². The van der Waals surface area contributed by atoms with Crippen LogP contribution in [0.15, 0.2) is 45.8 Å². The largest absolute Gasteiger partial charge is 0.454 e. The summed E-state index contributed by atoms with van der Waals surface area (Å²) in [5, 5.41) is 6.92. The Morgan fingerprint density at radius 2 is 1.89 bits per heavy atom.